The summed E-state index contributed by atoms with van der Waals surface area (Å²) in [5, 5.41) is 16.8. The maximum Gasteiger partial charge on any atom is 0.0963 e. The molecule has 0 bridgehead atoms. The summed E-state index contributed by atoms with van der Waals surface area (Å²) in [5.41, 5.74) is 5.10. The fourth-order valence-electron chi connectivity index (χ4n) is 2.25. The Hall–Kier alpha value is -0.650. The predicted octanol–water partition coefficient (Wildman–Crippen LogP) is 0.810. The summed E-state index contributed by atoms with van der Waals surface area (Å²) in [5.74, 6) is 0.230. The molecule has 0 amide bonds. The van der Waals surface area contributed by atoms with Gasteiger partial charge in [0.1, 0.15) is 0 Å². The van der Waals surface area contributed by atoms with E-state index in [0.29, 0.717) is 0 Å². The van der Waals surface area contributed by atoms with E-state index in [4.69, 9.17) is 15.9 Å². The van der Waals surface area contributed by atoms with Crippen LogP contribution in [0.4, 0.5) is 0 Å². The lowest BCUT2D eigenvalue weighted by molar-refractivity contribution is -0.149. The average Bonchev–Trinajstić information content (AvgIpc) is 2.24. The van der Waals surface area contributed by atoms with Crippen LogP contribution >= 0.6 is 0 Å². The van der Waals surface area contributed by atoms with E-state index in [-0.39, 0.29) is 29.6 Å². The molecular formula is C13H27N3O2. The minimum atomic E-state index is -0.267. The van der Waals surface area contributed by atoms with Crippen molar-refractivity contribution in [2.45, 2.75) is 45.8 Å². The summed E-state index contributed by atoms with van der Waals surface area (Å²) >= 11 is 0. The Morgan fingerprint density at radius 1 is 1.56 bits per heavy atom. The molecule has 1 aliphatic rings. The van der Waals surface area contributed by atoms with Gasteiger partial charge in [-0.2, -0.15) is 0 Å². The molecule has 0 aromatic heterocycles. The predicted molar refractivity (Wildman–Crippen MR) is 72.8 cm³/mol. The Bertz CT molecular complexity index is 303. The number of rotatable bonds is 5. The van der Waals surface area contributed by atoms with E-state index in [2.05, 4.69) is 4.90 Å². The summed E-state index contributed by atoms with van der Waals surface area (Å²) in [7, 11) is 0. The van der Waals surface area contributed by atoms with Gasteiger partial charge in [0.05, 0.1) is 24.1 Å². The van der Waals surface area contributed by atoms with E-state index in [1.807, 2.05) is 27.7 Å². The van der Waals surface area contributed by atoms with E-state index < -0.39 is 0 Å². The second kappa shape index (κ2) is 5.55. The van der Waals surface area contributed by atoms with E-state index in [1.165, 1.54) is 0 Å². The molecule has 0 spiro atoms. The van der Waals surface area contributed by atoms with Crippen LogP contribution in [0.3, 0.4) is 0 Å². The summed E-state index contributed by atoms with van der Waals surface area (Å²) < 4.78 is 5.77. The van der Waals surface area contributed by atoms with Gasteiger partial charge in [-0.05, 0) is 26.8 Å². The SMILES string of the molecule is CC1(C)CN(CCC(C)(C)C(=N)N)CC(CO)O1. The van der Waals surface area contributed by atoms with Crippen molar-refractivity contribution in [1.82, 2.24) is 4.90 Å². The Balaban J connectivity index is 2.54. The number of amidine groups is 1. The van der Waals surface area contributed by atoms with Crippen molar-refractivity contribution >= 4 is 5.84 Å². The highest BCUT2D eigenvalue weighted by molar-refractivity contribution is 5.82. The molecule has 0 radical (unpaired) electrons. The lowest BCUT2D eigenvalue weighted by atomic mass is 9.87. The third kappa shape index (κ3) is 4.23. The zero-order valence-corrected chi connectivity index (χ0v) is 12.0. The van der Waals surface area contributed by atoms with E-state index in [0.717, 1.165) is 26.1 Å². The molecule has 0 aliphatic carbocycles. The van der Waals surface area contributed by atoms with Gasteiger partial charge in [0.25, 0.3) is 0 Å². The topological polar surface area (TPSA) is 82.6 Å². The quantitative estimate of drug-likeness (QED) is 0.503. The van der Waals surface area contributed by atoms with Crippen molar-refractivity contribution in [3.63, 3.8) is 0 Å². The maximum absolute atomic E-state index is 9.25. The van der Waals surface area contributed by atoms with Gasteiger partial charge in [0.15, 0.2) is 0 Å². The van der Waals surface area contributed by atoms with Gasteiger partial charge in [-0.3, -0.25) is 10.3 Å². The number of hydrogen-bond donors (Lipinski definition) is 3. The lowest BCUT2D eigenvalue weighted by Crippen LogP contribution is -2.54. The van der Waals surface area contributed by atoms with Crippen LogP contribution in [0.25, 0.3) is 0 Å². The van der Waals surface area contributed by atoms with E-state index in [1.54, 1.807) is 0 Å². The molecule has 18 heavy (non-hydrogen) atoms. The highest BCUT2D eigenvalue weighted by atomic mass is 16.5. The number of hydrogen-bond acceptors (Lipinski definition) is 4. The molecular weight excluding hydrogens is 230 g/mol. The summed E-state index contributed by atoms with van der Waals surface area (Å²) in [4.78, 5) is 2.29. The van der Waals surface area contributed by atoms with Crippen LogP contribution in [-0.2, 0) is 4.74 Å². The number of aliphatic hydroxyl groups excluding tert-OH is 1. The van der Waals surface area contributed by atoms with E-state index >= 15 is 0 Å². The van der Waals surface area contributed by atoms with Crippen molar-refractivity contribution in [2.75, 3.05) is 26.2 Å². The third-order valence-corrected chi connectivity index (χ3v) is 3.54. The fraction of sp³-hybridized carbons (Fsp3) is 0.923. The van der Waals surface area contributed by atoms with Crippen molar-refractivity contribution < 1.29 is 9.84 Å². The molecule has 1 unspecified atom stereocenters. The number of nitrogens with zero attached hydrogens (tertiary/aromatic N) is 1. The van der Waals surface area contributed by atoms with Crippen LogP contribution in [0, 0.1) is 10.8 Å². The van der Waals surface area contributed by atoms with Crippen LogP contribution in [0.15, 0.2) is 0 Å². The van der Waals surface area contributed by atoms with Crippen LogP contribution in [0.2, 0.25) is 0 Å². The Kier molecular flexibility index (Phi) is 4.75. The lowest BCUT2D eigenvalue weighted by Gasteiger charge is -2.43. The first-order chi connectivity index (χ1) is 8.16. The molecule has 1 saturated heterocycles. The molecule has 1 heterocycles. The Morgan fingerprint density at radius 2 is 2.17 bits per heavy atom. The van der Waals surface area contributed by atoms with Crippen molar-refractivity contribution in [1.29, 1.82) is 5.41 Å². The number of aliphatic hydroxyl groups is 1. The van der Waals surface area contributed by atoms with Gasteiger partial charge in [-0.15, -0.1) is 0 Å². The largest absolute Gasteiger partial charge is 0.394 e. The van der Waals surface area contributed by atoms with Crippen LogP contribution in [-0.4, -0.2) is 53.8 Å². The molecule has 1 fully saturated rings. The molecule has 1 aliphatic heterocycles. The van der Waals surface area contributed by atoms with Gasteiger partial charge < -0.3 is 15.6 Å². The second-order valence-corrected chi connectivity index (χ2v) is 6.46. The zero-order chi connectivity index (χ0) is 14.0. The smallest absolute Gasteiger partial charge is 0.0963 e. The first kappa shape index (κ1) is 15.4. The van der Waals surface area contributed by atoms with Gasteiger partial charge in [0.2, 0.25) is 0 Å². The number of ether oxygens (including phenoxy) is 1. The fourth-order valence-corrected chi connectivity index (χ4v) is 2.25. The maximum atomic E-state index is 9.25. The molecule has 106 valence electrons. The van der Waals surface area contributed by atoms with Gasteiger partial charge in [0, 0.05) is 18.5 Å². The normalized spacial score (nSPS) is 25.1. The minimum absolute atomic E-state index is 0.0516. The van der Waals surface area contributed by atoms with Crippen molar-refractivity contribution in [2.24, 2.45) is 11.1 Å². The molecule has 1 atom stereocenters. The van der Waals surface area contributed by atoms with E-state index in [9.17, 15) is 5.11 Å². The molecule has 5 heteroatoms. The Morgan fingerprint density at radius 3 is 2.67 bits per heavy atom. The molecule has 0 aromatic rings. The van der Waals surface area contributed by atoms with Crippen LogP contribution in [0.5, 0.6) is 0 Å². The molecule has 0 aromatic carbocycles. The highest BCUT2D eigenvalue weighted by Crippen LogP contribution is 2.24. The second-order valence-electron chi connectivity index (χ2n) is 6.46. The standard InChI is InChI=1S/C13H27N3O2/c1-12(2,11(14)15)5-6-16-7-10(8-17)18-13(3,4)9-16/h10,17H,5-9H2,1-4H3,(H3,14,15). The average molecular weight is 257 g/mol. The van der Waals surface area contributed by atoms with Gasteiger partial charge in [-0.1, -0.05) is 13.8 Å². The third-order valence-electron chi connectivity index (χ3n) is 3.54. The van der Waals surface area contributed by atoms with Gasteiger partial charge in [-0.25, -0.2) is 0 Å². The number of morpholine rings is 1. The monoisotopic (exact) mass is 257 g/mol. The number of nitrogens with two attached hydrogens (primary N) is 1. The first-order valence-corrected chi connectivity index (χ1v) is 6.52. The number of nitrogens with one attached hydrogen (secondary N) is 1. The first-order valence-electron chi connectivity index (χ1n) is 6.52. The van der Waals surface area contributed by atoms with Gasteiger partial charge >= 0.3 is 0 Å². The molecule has 0 saturated carbocycles. The zero-order valence-electron chi connectivity index (χ0n) is 12.0. The summed E-state index contributed by atoms with van der Waals surface area (Å²) in [6.45, 7) is 10.6. The van der Waals surface area contributed by atoms with Crippen LogP contribution < -0.4 is 5.73 Å². The summed E-state index contributed by atoms with van der Waals surface area (Å²) in [6.07, 6.45) is 0.727. The van der Waals surface area contributed by atoms with Crippen molar-refractivity contribution in [3.05, 3.63) is 0 Å². The van der Waals surface area contributed by atoms with Crippen LogP contribution in [0.1, 0.15) is 34.1 Å². The summed E-state index contributed by atoms with van der Waals surface area (Å²) in [6, 6.07) is 0. The Labute approximate surface area is 110 Å². The highest BCUT2D eigenvalue weighted by Gasteiger charge is 2.33. The molecule has 1 rings (SSSR count). The van der Waals surface area contributed by atoms with Crippen molar-refractivity contribution in [3.8, 4) is 0 Å². The minimum Gasteiger partial charge on any atom is -0.394 e. The molecule has 4 N–H and O–H groups in total. The molecule has 5 nitrogen and oxygen atoms in total.